The zero-order valence-electron chi connectivity index (χ0n) is 14.3. The average molecular weight is 372 g/mol. The fraction of sp³-hybridized carbons (Fsp3) is 0.0455. The molecular formula is C22H16N2O2S. The van der Waals surface area contributed by atoms with E-state index in [0.29, 0.717) is 5.03 Å². The molecule has 0 saturated heterocycles. The molecule has 0 fully saturated rings. The van der Waals surface area contributed by atoms with Gasteiger partial charge in [-0.05, 0) is 5.56 Å². The number of carboxylic acid groups (broad SMARTS) is 1. The molecule has 0 amide bonds. The van der Waals surface area contributed by atoms with Gasteiger partial charge in [0.05, 0.1) is 0 Å². The smallest absolute Gasteiger partial charge is 0.321 e. The van der Waals surface area contributed by atoms with Crippen LogP contribution in [0, 0.1) is 0 Å². The van der Waals surface area contributed by atoms with Gasteiger partial charge in [-0.1, -0.05) is 96.7 Å². The molecule has 27 heavy (non-hydrogen) atoms. The van der Waals surface area contributed by atoms with Crippen molar-refractivity contribution in [3.63, 3.8) is 0 Å². The molecule has 0 radical (unpaired) electrons. The van der Waals surface area contributed by atoms with E-state index in [0.717, 1.165) is 27.6 Å². The van der Waals surface area contributed by atoms with Gasteiger partial charge in [0.1, 0.15) is 16.0 Å². The molecule has 4 aromatic rings. The van der Waals surface area contributed by atoms with Crippen LogP contribution in [0.4, 0.5) is 0 Å². The number of aromatic nitrogens is 2. The zero-order valence-corrected chi connectivity index (χ0v) is 15.1. The maximum absolute atomic E-state index is 11.9. The van der Waals surface area contributed by atoms with Crippen LogP contribution < -0.4 is 0 Å². The minimum atomic E-state index is -0.899. The Morgan fingerprint density at radius 1 is 0.778 bits per heavy atom. The van der Waals surface area contributed by atoms with E-state index in [9.17, 15) is 9.90 Å². The van der Waals surface area contributed by atoms with Crippen molar-refractivity contribution >= 4 is 28.5 Å². The molecular weight excluding hydrogens is 356 g/mol. The van der Waals surface area contributed by atoms with E-state index in [1.54, 1.807) is 0 Å². The second kappa shape index (κ2) is 7.60. The van der Waals surface area contributed by atoms with Crippen molar-refractivity contribution in [3.05, 3.63) is 90.5 Å². The zero-order chi connectivity index (χ0) is 18.6. The van der Waals surface area contributed by atoms with Crippen molar-refractivity contribution < 1.29 is 9.90 Å². The lowest BCUT2D eigenvalue weighted by molar-refractivity contribution is -0.136. The first-order chi connectivity index (χ1) is 13.2. The molecule has 1 atom stereocenters. The Labute approximate surface area is 160 Å². The molecule has 1 aromatic heterocycles. The van der Waals surface area contributed by atoms with Gasteiger partial charge in [-0.25, -0.2) is 0 Å². The van der Waals surface area contributed by atoms with E-state index in [1.165, 1.54) is 11.8 Å². The lowest BCUT2D eigenvalue weighted by Gasteiger charge is -2.14. The van der Waals surface area contributed by atoms with Gasteiger partial charge in [0, 0.05) is 16.3 Å². The number of hydrogen-bond acceptors (Lipinski definition) is 4. The highest BCUT2D eigenvalue weighted by atomic mass is 32.2. The second-order valence-corrected chi connectivity index (χ2v) is 7.11. The van der Waals surface area contributed by atoms with Gasteiger partial charge in [-0.15, -0.1) is 10.2 Å². The molecule has 1 N–H and O–H groups in total. The number of nitrogens with zero attached hydrogens (tertiary/aromatic N) is 2. The van der Waals surface area contributed by atoms with E-state index in [4.69, 9.17) is 0 Å². The van der Waals surface area contributed by atoms with Crippen LogP contribution in [0.15, 0.2) is 90.0 Å². The molecule has 0 unspecified atom stereocenters. The second-order valence-electron chi connectivity index (χ2n) is 6.01. The molecule has 3 aromatic carbocycles. The van der Waals surface area contributed by atoms with Gasteiger partial charge >= 0.3 is 5.97 Å². The molecule has 1 heterocycles. The third-order valence-electron chi connectivity index (χ3n) is 4.26. The van der Waals surface area contributed by atoms with Crippen LogP contribution in [0.5, 0.6) is 0 Å². The fourth-order valence-corrected chi connectivity index (χ4v) is 3.99. The summed E-state index contributed by atoms with van der Waals surface area (Å²) < 4.78 is 0. The largest absolute Gasteiger partial charge is 0.480 e. The molecule has 0 spiro atoms. The molecule has 4 rings (SSSR count). The summed E-state index contributed by atoms with van der Waals surface area (Å²) in [6.45, 7) is 0. The summed E-state index contributed by atoms with van der Waals surface area (Å²) in [5.41, 5.74) is 2.51. The molecule has 0 aliphatic heterocycles. The normalized spacial score (nSPS) is 12.0. The SMILES string of the molecule is O=C(O)[C@H](Sc1nnc(-c2ccccc2)c2ccccc12)c1ccccc1. The number of carbonyl (C=O) groups is 1. The topological polar surface area (TPSA) is 63.1 Å². The molecule has 132 valence electrons. The number of carboxylic acids is 1. The average Bonchev–Trinajstić information content (AvgIpc) is 2.73. The number of rotatable bonds is 5. The Morgan fingerprint density at radius 2 is 1.37 bits per heavy atom. The predicted molar refractivity (Wildman–Crippen MR) is 108 cm³/mol. The van der Waals surface area contributed by atoms with Gasteiger partial charge in [-0.3, -0.25) is 4.79 Å². The first kappa shape index (κ1) is 17.2. The summed E-state index contributed by atoms with van der Waals surface area (Å²) in [6, 6.07) is 26.9. The Balaban J connectivity index is 1.80. The predicted octanol–water partition coefficient (Wildman–Crippen LogP) is 5.21. The minimum Gasteiger partial charge on any atom is -0.480 e. The fourth-order valence-electron chi connectivity index (χ4n) is 2.98. The number of aliphatic carboxylic acids is 1. The van der Waals surface area contributed by atoms with E-state index in [-0.39, 0.29) is 0 Å². The van der Waals surface area contributed by atoms with Crippen molar-refractivity contribution in [2.45, 2.75) is 10.3 Å². The summed E-state index contributed by atoms with van der Waals surface area (Å²) in [5, 5.41) is 20.3. The summed E-state index contributed by atoms with van der Waals surface area (Å²) in [7, 11) is 0. The number of thioether (sulfide) groups is 1. The maximum atomic E-state index is 11.9. The summed E-state index contributed by atoms with van der Waals surface area (Å²) in [4.78, 5) is 11.9. The highest BCUT2D eigenvalue weighted by Crippen LogP contribution is 2.39. The number of hydrogen-bond donors (Lipinski definition) is 1. The monoisotopic (exact) mass is 372 g/mol. The minimum absolute atomic E-state index is 0.613. The van der Waals surface area contributed by atoms with Gasteiger partial charge in [0.25, 0.3) is 0 Å². The van der Waals surface area contributed by atoms with Crippen molar-refractivity contribution in [2.24, 2.45) is 0 Å². The van der Waals surface area contributed by atoms with E-state index < -0.39 is 11.2 Å². The maximum Gasteiger partial charge on any atom is 0.321 e. The van der Waals surface area contributed by atoms with Crippen LogP contribution in [-0.2, 0) is 4.79 Å². The Morgan fingerprint density at radius 3 is 2.04 bits per heavy atom. The Kier molecular flexibility index (Phi) is 4.85. The first-order valence-corrected chi connectivity index (χ1v) is 9.37. The standard InChI is InChI=1S/C22H16N2O2S/c25-22(26)20(16-11-5-2-6-12-16)27-21-18-14-8-7-13-17(18)19(23-24-21)15-9-3-1-4-10-15/h1-14,20H,(H,25,26)/t20-/m1/s1. The number of fused-ring (bicyclic) bond motifs is 1. The van der Waals surface area contributed by atoms with Gasteiger partial charge in [0.2, 0.25) is 0 Å². The van der Waals surface area contributed by atoms with Crippen LogP contribution in [-0.4, -0.2) is 21.3 Å². The Bertz CT molecular complexity index is 1090. The molecule has 4 nitrogen and oxygen atoms in total. The summed E-state index contributed by atoms with van der Waals surface area (Å²) in [6.07, 6.45) is 0. The molecule has 0 aliphatic rings. The molecule has 0 bridgehead atoms. The quantitative estimate of drug-likeness (QED) is 0.487. The summed E-state index contributed by atoms with van der Waals surface area (Å²) in [5.74, 6) is -0.899. The van der Waals surface area contributed by atoms with Crippen LogP contribution in [0.1, 0.15) is 10.8 Å². The number of benzene rings is 3. The van der Waals surface area contributed by atoms with Gasteiger partial charge < -0.3 is 5.11 Å². The van der Waals surface area contributed by atoms with Crippen LogP contribution >= 0.6 is 11.8 Å². The van der Waals surface area contributed by atoms with E-state index in [1.807, 2.05) is 84.9 Å². The van der Waals surface area contributed by atoms with Crippen LogP contribution in [0.3, 0.4) is 0 Å². The van der Waals surface area contributed by atoms with Gasteiger partial charge in [-0.2, -0.15) is 0 Å². The lowest BCUT2D eigenvalue weighted by atomic mass is 10.1. The highest BCUT2D eigenvalue weighted by Gasteiger charge is 2.23. The van der Waals surface area contributed by atoms with Crippen molar-refractivity contribution in [2.75, 3.05) is 0 Å². The van der Waals surface area contributed by atoms with Crippen LogP contribution in [0.25, 0.3) is 22.0 Å². The third kappa shape index (κ3) is 3.55. The molecule has 0 saturated carbocycles. The highest BCUT2D eigenvalue weighted by molar-refractivity contribution is 8.00. The van der Waals surface area contributed by atoms with E-state index >= 15 is 0 Å². The van der Waals surface area contributed by atoms with Crippen molar-refractivity contribution in [1.82, 2.24) is 10.2 Å². The van der Waals surface area contributed by atoms with Crippen molar-refractivity contribution in [1.29, 1.82) is 0 Å². The van der Waals surface area contributed by atoms with Crippen molar-refractivity contribution in [3.8, 4) is 11.3 Å². The van der Waals surface area contributed by atoms with Crippen LogP contribution in [0.2, 0.25) is 0 Å². The lowest BCUT2D eigenvalue weighted by Crippen LogP contribution is -2.08. The van der Waals surface area contributed by atoms with Gasteiger partial charge in [0.15, 0.2) is 0 Å². The molecule has 0 aliphatic carbocycles. The molecule has 5 heteroatoms. The third-order valence-corrected chi connectivity index (χ3v) is 5.49. The summed E-state index contributed by atoms with van der Waals surface area (Å²) >= 11 is 1.21. The van der Waals surface area contributed by atoms with E-state index in [2.05, 4.69) is 10.2 Å². The first-order valence-electron chi connectivity index (χ1n) is 8.49. The Hall–Kier alpha value is -3.18.